The Morgan fingerprint density at radius 1 is 1.35 bits per heavy atom. The number of anilines is 1. The zero-order valence-electron chi connectivity index (χ0n) is 10.6. The van der Waals surface area contributed by atoms with E-state index < -0.39 is 0 Å². The number of nitrogens with zero attached hydrogens (tertiary/aromatic N) is 1. The molecule has 3 nitrogen and oxygen atoms in total. The van der Waals surface area contributed by atoms with Gasteiger partial charge >= 0.3 is 0 Å². The predicted octanol–water partition coefficient (Wildman–Crippen LogP) is 3.22. The van der Waals surface area contributed by atoms with Gasteiger partial charge in [0.05, 0.1) is 12.3 Å². The first-order valence-electron chi connectivity index (χ1n) is 6.66. The summed E-state index contributed by atoms with van der Waals surface area (Å²) >= 11 is 0. The van der Waals surface area contributed by atoms with Crippen molar-refractivity contribution in [3.63, 3.8) is 0 Å². The van der Waals surface area contributed by atoms with Crippen LogP contribution in [0.5, 0.6) is 0 Å². The number of hydrogen-bond donors (Lipinski definition) is 1. The fraction of sp³-hybridized carbons (Fsp3) is 0.643. The molecule has 0 atom stereocenters. The van der Waals surface area contributed by atoms with Crippen LogP contribution < -0.4 is 5.32 Å². The lowest BCUT2D eigenvalue weighted by Crippen LogP contribution is -2.07. The van der Waals surface area contributed by atoms with Crippen LogP contribution in [0.15, 0.2) is 18.2 Å². The number of pyridine rings is 1. The summed E-state index contributed by atoms with van der Waals surface area (Å²) in [5.74, 6) is 1.72. The number of ether oxygens (including phenoxy) is 1. The summed E-state index contributed by atoms with van der Waals surface area (Å²) < 4.78 is 5.75. The van der Waals surface area contributed by atoms with E-state index in [9.17, 15) is 0 Å². The van der Waals surface area contributed by atoms with Crippen LogP contribution in [-0.4, -0.2) is 18.1 Å². The standard InChI is InChI=1S/C14H22N2O/c1-2-15-14-9-5-8-13(16-14)11-17-10-12-6-3-4-7-12/h5,8-9,12H,2-4,6-7,10-11H2,1H3,(H,15,16). The molecule has 2 rings (SSSR count). The van der Waals surface area contributed by atoms with E-state index in [1.54, 1.807) is 0 Å². The fourth-order valence-electron chi connectivity index (χ4n) is 2.35. The predicted molar refractivity (Wildman–Crippen MR) is 70.0 cm³/mol. The molecule has 0 unspecified atom stereocenters. The van der Waals surface area contributed by atoms with Gasteiger partial charge in [-0.3, -0.25) is 0 Å². The number of aromatic nitrogens is 1. The molecule has 0 aromatic carbocycles. The van der Waals surface area contributed by atoms with E-state index in [1.807, 2.05) is 18.2 Å². The highest BCUT2D eigenvalue weighted by molar-refractivity contribution is 5.34. The second-order valence-corrected chi connectivity index (χ2v) is 4.71. The Labute approximate surface area is 104 Å². The van der Waals surface area contributed by atoms with Crippen LogP contribution in [0.3, 0.4) is 0 Å². The van der Waals surface area contributed by atoms with E-state index in [-0.39, 0.29) is 0 Å². The SMILES string of the molecule is CCNc1cccc(COCC2CCCC2)n1. The summed E-state index contributed by atoms with van der Waals surface area (Å²) in [6, 6.07) is 6.04. The molecule has 0 amide bonds. The smallest absolute Gasteiger partial charge is 0.126 e. The van der Waals surface area contributed by atoms with Crippen molar-refractivity contribution in [1.29, 1.82) is 0 Å². The Balaban J connectivity index is 1.75. The van der Waals surface area contributed by atoms with Gasteiger partial charge in [-0.15, -0.1) is 0 Å². The Bertz CT molecular complexity index is 335. The lowest BCUT2D eigenvalue weighted by atomic mass is 10.1. The Kier molecular flexibility index (Phi) is 4.80. The van der Waals surface area contributed by atoms with Crippen molar-refractivity contribution < 1.29 is 4.74 Å². The van der Waals surface area contributed by atoms with Gasteiger partial charge in [0.1, 0.15) is 5.82 Å². The molecule has 0 spiro atoms. The average Bonchev–Trinajstić information content (AvgIpc) is 2.83. The van der Waals surface area contributed by atoms with Crippen LogP contribution in [0.1, 0.15) is 38.3 Å². The van der Waals surface area contributed by atoms with Gasteiger partial charge in [0.15, 0.2) is 0 Å². The molecule has 1 fully saturated rings. The maximum absolute atomic E-state index is 5.75. The maximum Gasteiger partial charge on any atom is 0.126 e. The third-order valence-corrected chi connectivity index (χ3v) is 3.24. The summed E-state index contributed by atoms with van der Waals surface area (Å²) in [7, 11) is 0. The van der Waals surface area contributed by atoms with Gasteiger partial charge in [0.2, 0.25) is 0 Å². The van der Waals surface area contributed by atoms with Gasteiger partial charge in [-0.05, 0) is 37.8 Å². The van der Waals surface area contributed by atoms with E-state index in [4.69, 9.17) is 4.74 Å². The molecule has 1 aromatic rings. The highest BCUT2D eigenvalue weighted by atomic mass is 16.5. The normalized spacial score (nSPS) is 16.3. The maximum atomic E-state index is 5.75. The van der Waals surface area contributed by atoms with Crippen LogP contribution in [0, 0.1) is 5.92 Å². The molecule has 3 heteroatoms. The van der Waals surface area contributed by atoms with Crippen molar-refractivity contribution in [3.8, 4) is 0 Å². The highest BCUT2D eigenvalue weighted by Gasteiger charge is 2.14. The van der Waals surface area contributed by atoms with E-state index in [2.05, 4.69) is 17.2 Å². The molecule has 94 valence electrons. The summed E-state index contributed by atoms with van der Waals surface area (Å²) in [4.78, 5) is 4.49. The summed E-state index contributed by atoms with van der Waals surface area (Å²) in [6.07, 6.45) is 5.43. The Morgan fingerprint density at radius 3 is 2.94 bits per heavy atom. The molecule has 1 N–H and O–H groups in total. The molecule has 1 aliphatic carbocycles. The van der Waals surface area contributed by atoms with Gasteiger partial charge in [-0.25, -0.2) is 4.98 Å². The topological polar surface area (TPSA) is 34.1 Å². The third-order valence-electron chi connectivity index (χ3n) is 3.24. The van der Waals surface area contributed by atoms with Crippen LogP contribution in [0.2, 0.25) is 0 Å². The van der Waals surface area contributed by atoms with Crippen molar-refractivity contribution in [2.45, 2.75) is 39.2 Å². The Morgan fingerprint density at radius 2 is 2.18 bits per heavy atom. The minimum atomic E-state index is 0.635. The molecular formula is C14H22N2O. The minimum Gasteiger partial charge on any atom is -0.375 e. The van der Waals surface area contributed by atoms with Crippen molar-refractivity contribution in [3.05, 3.63) is 23.9 Å². The van der Waals surface area contributed by atoms with Crippen LogP contribution in [0.4, 0.5) is 5.82 Å². The lowest BCUT2D eigenvalue weighted by molar-refractivity contribution is 0.0868. The average molecular weight is 234 g/mol. The molecule has 0 bridgehead atoms. The second kappa shape index (κ2) is 6.60. The molecule has 17 heavy (non-hydrogen) atoms. The third kappa shape index (κ3) is 4.00. The van der Waals surface area contributed by atoms with Gasteiger partial charge in [-0.1, -0.05) is 18.9 Å². The summed E-state index contributed by atoms with van der Waals surface area (Å²) in [6.45, 7) is 4.51. The Hall–Kier alpha value is -1.09. The van der Waals surface area contributed by atoms with Crippen molar-refractivity contribution in [1.82, 2.24) is 4.98 Å². The van der Waals surface area contributed by atoms with E-state index >= 15 is 0 Å². The lowest BCUT2D eigenvalue weighted by Gasteiger charge is -2.10. The highest BCUT2D eigenvalue weighted by Crippen LogP contribution is 2.24. The molecule has 1 aliphatic rings. The first kappa shape index (κ1) is 12.4. The largest absolute Gasteiger partial charge is 0.375 e. The second-order valence-electron chi connectivity index (χ2n) is 4.71. The summed E-state index contributed by atoms with van der Waals surface area (Å²) in [5.41, 5.74) is 1.02. The zero-order chi connectivity index (χ0) is 11.9. The number of nitrogens with one attached hydrogen (secondary N) is 1. The van der Waals surface area contributed by atoms with Crippen LogP contribution in [0.25, 0.3) is 0 Å². The van der Waals surface area contributed by atoms with Gasteiger partial charge < -0.3 is 10.1 Å². The monoisotopic (exact) mass is 234 g/mol. The number of rotatable bonds is 6. The van der Waals surface area contributed by atoms with Crippen molar-refractivity contribution >= 4 is 5.82 Å². The van der Waals surface area contributed by atoms with Crippen LogP contribution >= 0.6 is 0 Å². The van der Waals surface area contributed by atoms with Gasteiger partial charge in [0, 0.05) is 13.2 Å². The molecule has 0 saturated heterocycles. The molecule has 0 aliphatic heterocycles. The fourth-order valence-corrected chi connectivity index (χ4v) is 2.35. The van der Waals surface area contributed by atoms with Crippen molar-refractivity contribution in [2.75, 3.05) is 18.5 Å². The van der Waals surface area contributed by atoms with E-state index in [1.165, 1.54) is 25.7 Å². The van der Waals surface area contributed by atoms with Gasteiger partial charge in [-0.2, -0.15) is 0 Å². The van der Waals surface area contributed by atoms with Crippen molar-refractivity contribution in [2.24, 2.45) is 5.92 Å². The molecule has 1 saturated carbocycles. The first-order chi connectivity index (χ1) is 8.38. The van der Waals surface area contributed by atoms with E-state index in [0.717, 1.165) is 30.6 Å². The van der Waals surface area contributed by atoms with E-state index in [0.29, 0.717) is 6.61 Å². The molecule has 0 radical (unpaired) electrons. The number of hydrogen-bond acceptors (Lipinski definition) is 3. The molecular weight excluding hydrogens is 212 g/mol. The zero-order valence-corrected chi connectivity index (χ0v) is 10.6. The minimum absolute atomic E-state index is 0.635. The molecule has 1 heterocycles. The van der Waals surface area contributed by atoms with Gasteiger partial charge in [0.25, 0.3) is 0 Å². The molecule has 1 aromatic heterocycles. The summed E-state index contributed by atoms with van der Waals surface area (Å²) in [5, 5.41) is 3.21. The quantitative estimate of drug-likeness (QED) is 0.820. The first-order valence-corrected chi connectivity index (χ1v) is 6.66. The van der Waals surface area contributed by atoms with Crippen LogP contribution in [-0.2, 0) is 11.3 Å².